The maximum Gasteiger partial charge on any atom is 0.410 e. The van der Waals surface area contributed by atoms with E-state index in [0.29, 0.717) is 42.6 Å². The standard InChI is InChI=1S/C76H114F4N10O19/c1-15-47(8)66(57(102-13)42-59(92)90-32-20-24-56(90)68(103-14)48(9)70(95)83-49(10)67(94)51-21-17-16-18-22-51)88(11)74(99)64(45(4)5)87-73(98)65(46(6)7)89(12)76(101)108-43-50-25-27-52(28-26-50)84-71(96)55(23-19-31-82-75(81)100)85-72(97)63(44(2)3)86-58(91)29-33-104-35-37-106-39-40-107-38-36-105-34-30-60(93)109-69-61(79)53(77)41-54(78)62(69)80/h16-18,21-22,25-28,41,44-49,55-57,63-68,94H,15,19-20,23-24,29-40,42-43H2,1-14H3,(H,83,95)(H,84,96)(H,85,97)(H,86,91)(H,87,98)(H3,81,82,100)/t47-,48+,49+,55-,56-,57?,63-,64-,65-,66-,67+,68+/m0/s1. The third kappa shape index (κ3) is 29.6. The van der Waals surface area contributed by atoms with E-state index >= 15 is 0 Å². The van der Waals surface area contributed by atoms with Crippen molar-refractivity contribution in [3.63, 3.8) is 0 Å². The second-order valence-electron chi connectivity index (χ2n) is 28.0. The van der Waals surface area contributed by atoms with Crippen LogP contribution in [0.4, 0.5) is 32.8 Å². The lowest BCUT2D eigenvalue weighted by molar-refractivity contribution is -0.148. The summed E-state index contributed by atoms with van der Waals surface area (Å²) in [5.74, 6) is -15.5. The van der Waals surface area contributed by atoms with Gasteiger partial charge in [-0.2, -0.15) is 8.78 Å². The molecule has 3 aromatic carbocycles. The molecule has 0 spiro atoms. The van der Waals surface area contributed by atoms with Gasteiger partial charge in [0.05, 0.1) is 108 Å². The molecule has 610 valence electrons. The topological polar surface area (TPSA) is 373 Å². The summed E-state index contributed by atoms with van der Waals surface area (Å²) in [5, 5.41) is 27.5. The Bertz CT molecular complexity index is 3380. The molecule has 0 bridgehead atoms. The van der Waals surface area contributed by atoms with Gasteiger partial charge in [-0.05, 0) is 79.5 Å². The number of primary amides is 1. The van der Waals surface area contributed by atoms with E-state index in [-0.39, 0.29) is 115 Å². The lowest BCUT2D eigenvalue weighted by atomic mass is 9.89. The zero-order valence-electron chi connectivity index (χ0n) is 65.1. The van der Waals surface area contributed by atoms with Gasteiger partial charge in [0.25, 0.3) is 0 Å². The number of esters is 1. The summed E-state index contributed by atoms with van der Waals surface area (Å²) in [6, 6.07) is 8.37. The molecule has 9 N–H and O–H groups in total. The molecule has 10 amide bonds. The molecule has 4 rings (SSSR count). The first-order valence-electron chi connectivity index (χ1n) is 36.9. The van der Waals surface area contributed by atoms with Gasteiger partial charge in [0, 0.05) is 59.6 Å². The molecule has 0 radical (unpaired) electrons. The van der Waals surface area contributed by atoms with Crippen LogP contribution in [0.2, 0.25) is 0 Å². The van der Waals surface area contributed by atoms with Crippen LogP contribution in [0, 0.1) is 52.9 Å². The van der Waals surface area contributed by atoms with Crippen LogP contribution < -0.4 is 42.4 Å². The summed E-state index contributed by atoms with van der Waals surface area (Å²) < 4.78 is 97.9. The molecule has 109 heavy (non-hydrogen) atoms. The first-order valence-corrected chi connectivity index (χ1v) is 36.9. The third-order valence-corrected chi connectivity index (χ3v) is 18.9. The van der Waals surface area contributed by atoms with Crippen molar-refractivity contribution in [1.29, 1.82) is 0 Å². The number of halogens is 4. The second-order valence-corrected chi connectivity index (χ2v) is 28.0. The number of ether oxygens (including phenoxy) is 8. The Hall–Kier alpha value is -8.60. The summed E-state index contributed by atoms with van der Waals surface area (Å²) in [5.41, 5.74) is 6.71. The summed E-state index contributed by atoms with van der Waals surface area (Å²) in [6.45, 7) is 18.5. The Kier molecular flexibility index (Phi) is 40.4. The van der Waals surface area contributed by atoms with Gasteiger partial charge in [-0.15, -0.1) is 0 Å². The van der Waals surface area contributed by atoms with E-state index in [1.54, 1.807) is 104 Å². The number of urea groups is 1. The fourth-order valence-corrected chi connectivity index (χ4v) is 12.6. The van der Waals surface area contributed by atoms with Crippen LogP contribution in [0.25, 0.3) is 0 Å². The first kappa shape index (κ1) is 92.8. The molecule has 29 nitrogen and oxygen atoms in total. The van der Waals surface area contributed by atoms with Crippen molar-refractivity contribution in [1.82, 2.24) is 41.3 Å². The van der Waals surface area contributed by atoms with E-state index in [4.69, 9.17) is 38.9 Å². The molecular weight excluding hydrogens is 1430 g/mol. The highest BCUT2D eigenvalue weighted by atomic mass is 19.2. The number of nitrogens with one attached hydrogen (secondary N) is 6. The van der Waals surface area contributed by atoms with Crippen LogP contribution in [0.1, 0.15) is 138 Å². The quantitative estimate of drug-likeness (QED) is 0.00970. The number of rotatable bonds is 48. The van der Waals surface area contributed by atoms with E-state index in [9.17, 15) is 70.6 Å². The Morgan fingerprint density at radius 1 is 0.661 bits per heavy atom. The number of nitrogens with zero attached hydrogens (tertiary/aromatic N) is 3. The normalized spacial score (nSPS) is 15.9. The van der Waals surface area contributed by atoms with Crippen molar-refractivity contribution in [2.24, 2.45) is 35.3 Å². The number of carbonyl (C=O) groups excluding carboxylic acids is 10. The smallest absolute Gasteiger partial charge is 0.410 e. The molecular formula is C76H114F4N10O19. The van der Waals surface area contributed by atoms with Crippen molar-refractivity contribution in [3.05, 3.63) is 95.1 Å². The number of anilines is 1. The molecule has 33 heteroatoms. The van der Waals surface area contributed by atoms with Gasteiger partial charge in [-0.25, -0.2) is 18.4 Å². The molecule has 1 aliphatic rings. The summed E-state index contributed by atoms with van der Waals surface area (Å²) >= 11 is 0. The van der Waals surface area contributed by atoms with Crippen LogP contribution >= 0.6 is 0 Å². The fraction of sp³-hybridized carbons (Fsp3) is 0.632. The second kappa shape index (κ2) is 47.5. The first-order chi connectivity index (χ1) is 51.7. The number of likely N-dealkylation sites (N-methyl/N-ethyl adjacent to an activating group) is 2. The summed E-state index contributed by atoms with van der Waals surface area (Å²) in [4.78, 5) is 140. The number of methoxy groups -OCH3 is 2. The van der Waals surface area contributed by atoms with Gasteiger partial charge in [0.1, 0.15) is 30.8 Å². The number of benzene rings is 3. The Labute approximate surface area is 636 Å². The minimum atomic E-state index is -1.85. The Balaban J connectivity index is 1.27. The van der Waals surface area contributed by atoms with Gasteiger partial charge < -0.3 is 90.4 Å². The fourth-order valence-electron chi connectivity index (χ4n) is 12.6. The number of hydrogen-bond acceptors (Lipinski definition) is 19. The minimum Gasteiger partial charge on any atom is -0.445 e. The van der Waals surface area contributed by atoms with Crippen molar-refractivity contribution < 1.29 is 109 Å². The number of carbonyl (C=O) groups is 10. The van der Waals surface area contributed by atoms with E-state index in [1.165, 1.54) is 26.2 Å². The maximum atomic E-state index is 14.8. The molecule has 1 heterocycles. The van der Waals surface area contributed by atoms with E-state index < -0.39 is 167 Å². The lowest BCUT2D eigenvalue weighted by Gasteiger charge is -2.41. The summed E-state index contributed by atoms with van der Waals surface area (Å²) in [7, 11) is 6.03. The number of likely N-dealkylation sites (tertiary alicyclic amines) is 1. The lowest BCUT2D eigenvalue weighted by Crippen LogP contribution is -2.60. The number of hydrogen-bond donors (Lipinski definition) is 8. The molecule has 0 aliphatic carbocycles. The number of aliphatic hydroxyl groups is 1. The number of amides is 10. The van der Waals surface area contributed by atoms with Gasteiger partial charge in [0.2, 0.25) is 58.7 Å². The molecule has 1 saturated heterocycles. The zero-order valence-corrected chi connectivity index (χ0v) is 65.1. The highest BCUT2D eigenvalue weighted by Gasteiger charge is 2.44. The SMILES string of the molecule is CC[C@H](C)[C@@H](C(CC(=O)N1CCC[C@H]1[C@H](OC)[C@@H](C)C(=O)N[C@H](C)[C@@H](O)c1ccccc1)OC)N(C)C(=O)[C@@H](NC(=O)[C@H](C(C)C)N(C)C(=O)OCc1ccc(NC(=O)[C@H](CCCNC(N)=O)NC(=O)[C@@H](NC(=O)CCOCCOCCOCCOCCC(=O)Oc2c(F)c(F)cc(F)c2F)C(C)C)cc1)C(C)C. The predicted octanol–water partition coefficient (Wildman–Crippen LogP) is 6.60. The maximum absolute atomic E-state index is 14.8. The number of nitrogens with two attached hydrogens (primary N) is 1. The van der Waals surface area contributed by atoms with Crippen molar-refractivity contribution >= 4 is 65.1 Å². The van der Waals surface area contributed by atoms with Crippen molar-refractivity contribution in [3.8, 4) is 5.75 Å². The Morgan fingerprint density at radius 3 is 1.78 bits per heavy atom. The zero-order chi connectivity index (χ0) is 81.2. The van der Waals surface area contributed by atoms with Crippen molar-refractivity contribution in [2.45, 2.75) is 188 Å². The molecule has 3 aromatic rings. The summed E-state index contributed by atoms with van der Waals surface area (Å²) in [6.07, 6.45) is -1.87. The molecule has 1 aliphatic heterocycles. The molecule has 1 unspecified atom stereocenters. The predicted molar refractivity (Wildman–Crippen MR) is 393 cm³/mol. The monoisotopic (exact) mass is 1550 g/mol. The highest BCUT2D eigenvalue weighted by molar-refractivity contribution is 5.98. The van der Waals surface area contributed by atoms with Crippen LogP contribution in [-0.4, -0.2) is 228 Å². The van der Waals surface area contributed by atoms with Gasteiger partial charge >= 0.3 is 18.1 Å². The van der Waals surface area contributed by atoms with Crippen LogP contribution in [-0.2, 0) is 78.1 Å². The van der Waals surface area contributed by atoms with Gasteiger partial charge in [-0.1, -0.05) is 111 Å². The molecule has 12 atom stereocenters. The average Bonchev–Trinajstić information content (AvgIpc) is 1.69. The third-order valence-electron chi connectivity index (χ3n) is 18.9. The molecule has 0 aromatic heterocycles. The molecule has 0 saturated carbocycles. The highest BCUT2D eigenvalue weighted by Crippen LogP contribution is 2.32. The van der Waals surface area contributed by atoms with Crippen molar-refractivity contribution in [2.75, 3.05) is 99.6 Å². The largest absolute Gasteiger partial charge is 0.445 e. The average molecular weight is 1550 g/mol. The van der Waals surface area contributed by atoms with E-state index in [1.807, 2.05) is 32.0 Å². The molecule has 1 fully saturated rings. The van der Waals surface area contributed by atoms with E-state index in [0.717, 1.165) is 4.90 Å². The Morgan fingerprint density at radius 2 is 1.24 bits per heavy atom. The van der Waals surface area contributed by atoms with Gasteiger partial charge in [0.15, 0.2) is 11.6 Å². The van der Waals surface area contributed by atoms with Crippen LogP contribution in [0.3, 0.4) is 0 Å². The minimum absolute atomic E-state index is 0.0140. The van der Waals surface area contributed by atoms with Crippen LogP contribution in [0.15, 0.2) is 60.7 Å². The van der Waals surface area contributed by atoms with Gasteiger partial charge in [-0.3, -0.25) is 43.3 Å². The number of aliphatic hydroxyl groups excluding tert-OH is 1. The van der Waals surface area contributed by atoms with Crippen LogP contribution in [0.5, 0.6) is 5.75 Å². The van der Waals surface area contributed by atoms with E-state index in [2.05, 4.69) is 36.6 Å².